The van der Waals surface area contributed by atoms with Crippen molar-refractivity contribution in [2.24, 2.45) is 0 Å². The fourth-order valence-corrected chi connectivity index (χ4v) is 3.40. The number of imide groups is 2. The highest BCUT2D eigenvalue weighted by Gasteiger charge is 2.36. The van der Waals surface area contributed by atoms with Gasteiger partial charge in [-0.3, -0.25) is 14.9 Å². The highest BCUT2D eigenvalue weighted by atomic mass is 16.5. The molecule has 0 unspecified atom stereocenters. The van der Waals surface area contributed by atoms with Crippen molar-refractivity contribution in [3.8, 4) is 11.5 Å². The van der Waals surface area contributed by atoms with Crippen molar-refractivity contribution in [1.82, 2.24) is 5.32 Å². The van der Waals surface area contributed by atoms with Crippen molar-refractivity contribution in [3.63, 3.8) is 0 Å². The number of barbiturate groups is 1. The van der Waals surface area contributed by atoms with Crippen molar-refractivity contribution < 1.29 is 23.9 Å². The van der Waals surface area contributed by atoms with Crippen LogP contribution in [0.3, 0.4) is 0 Å². The molecule has 7 nitrogen and oxygen atoms in total. The lowest BCUT2D eigenvalue weighted by molar-refractivity contribution is -0.122. The van der Waals surface area contributed by atoms with Gasteiger partial charge in [-0.15, -0.1) is 0 Å². The van der Waals surface area contributed by atoms with Gasteiger partial charge in [0.05, 0.1) is 12.3 Å². The molecule has 4 amide bonds. The zero-order valence-electron chi connectivity index (χ0n) is 18.7. The summed E-state index contributed by atoms with van der Waals surface area (Å²) in [5.74, 6) is -0.215. The van der Waals surface area contributed by atoms with Crippen molar-refractivity contribution in [2.75, 3.05) is 11.5 Å². The summed E-state index contributed by atoms with van der Waals surface area (Å²) in [7, 11) is 0. The molecule has 172 valence electrons. The maximum atomic E-state index is 13.1. The van der Waals surface area contributed by atoms with E-state index in [9.17, 15) is 14.4 Å². The lowest BCUT2D eigenvalue weighted by Gasteiger charge is -2.26. The van der Waals surface area contributed by atoms with E-state index in [2.05, 4.69) is 5.32 Å². The smallest absolute Gasteiger partial charge is 0.335 e. The Morgan fingerprint density at radius 3 is 2.35 bits per heavy atom. The highest BCUT2D eigenvalue weighted by molar-refractivity contribution is 6.39. The topological polar surface area (TPSA) is 84.9 Å². The molecular formula is C27H24N2O5. The van der Waals surface area contributed by atoms with E-state index in [-0.39, 0.29) is 5.57 Å². The van der Waals surface area contributed by atoms with Crippen LogP contribution in [0.2, 0.25) is 0 Å². The summed E-state index contributed by atoms with van der Waals surface area (Å²) in [5.41, 5.74) is 1.82. The van der Waals surface area contributed by atoms with Crippen LogP contribution in [0.15, 0.2) is 84.4 Å². The maximum Gasteiger partial charge on any atom is 0.335 e. The number of nitrogens with one attached hydrogen (secondary N) is 1. The number of benzene rings is 3. The van der Waals surface area contributed by atoms with Crippen LogP contribution in [-0.2, 0) is 16.2 Å². The zero-order chi connectivity index (χ0) is 23.9. The van der Waals surface area contributed by atoms with Crippen molar-refractivity contribution in [2.45, 2.75) is 20.0 Å². The summed E-state index contributed by atoms with van der Waals surface area (Å²) in [4.78, 5) is 39.0. The molecule has 0 atom stereocenters. The van der Waals surface area contributed by atoms with Crippen molar-refractivity contribution >= 4 is 29.6 Å². The standard InChI is InChI=1S/C27H24N2O5/c1-2-15-33-23-10-6-9-20(16-23)17-24-25(30)28-27(32)29(26(24)31)21-11-13-22(14-12-21)34-18-19-7-4-3-5-8-19/h3-14,16-17H,2,15,18H2,1H3,(H,28,30,32)/b24-17-. The second kappa shape index (κ2) is 10.5. The first kappa shape index (κ1) is 22.8. The highest BCUT2D eigenvalue weighted by Crippen LogP contribution is 2.25. The van der Waals surface area contributed by atoms with Crippen LogP contribution in [0.5, 0.6) is 11.5 Å². The Bertz CT molecular complexity index is 1220. The number of hydrogen-bond acceptors (Lipinski definition) is 5. The predicted molar refractivity (Wildman–Crippen MR) is 128 cm³/mol. The summed E-state index contributed by atoms with van der Waals surface area (Å²) in [6.45, 7) is 2.96. The number of amides is 4. The minimum absolute atomic E-state index is 0.142. The van der Waals surface area contributed by atoms with Crippen LogP contribution >= 0.6 is 0 Å². The van der Waals surface area contributed by atoms with Gasteiger partial charge in [0.2, 0.25) is 0 Å². The molecule has 0 saturated carbocycles. The summed E-state index contributed by atoms with van der Waals surface area (Å²) in [6, 6.07) is 22.5. The number of hydrogen-bond donors (Lipinski definition) is 1. The molecule has 1 heterocycles. The number of nitrogens with zero attached hydrogens (tertiary/aromatic N) is 1. The van der Waals surface area contributed by atoms with Crippen molar-refractivity contribution in [3.05, 3.63) is 95.6 Å². The number of anilines is 1. The first-order valence-corrected chi connectivity index (χ1v) is 11.0. The molecule has 1 saturated heterocycles. The molecule has 34 heavy (non-hydrogen) atoms. The fraction of sp³-hybridized carbons (Fsp3) is 0.148. The first-order chi connectivity index (χ1) is 16.5. The van der Waals surface area contributed by atoms with Gasteiger partial charge < -0.3 is 9.47 Å². The van der Waals surface area contributed by atoms with Gasteiger partial charge in [-0.05, 0) is 60.0 Å². The third-order valence-electron chi connectivity index (χ3n) is 5.09. The van der Waals surface area contributed by atoms with Gasteiger partial charge in [0.25, 0.3) is 11.8 Å². The SMILES string of the molecule is CCCOc1cccc(/C=C2/C(=O)NC(=O)N(c3ccc(OCc4ccccc4)cc3)C2=O)c1. The summed E-state index contributed by atoms with van der Waals surface area (Å²) >= 11 is 0. The van der Waals surface area contributed by atoms with E-state index in [1.165, 1.54) is 6.08 Å². The Labute approximate surface area is 197 Å². The Morgan fingerprint density at radius 1 is 0.853 bits per heavy atom. The monoisotopic (exact) mass is 456 g/mol. The lowest BCUT2D eigenvalue weighted by Crippen LogP contribution is -2.54. The third kappa shape index (κ3) is 5.32. The predicted octanol–water partition coefficient (Wildman–Crippen LogP) is 4.72. The molecule has 1 N–H and O–H groups in total. The van der Waals surface area contributed by atoms with Gasteiger partial charge in [-0.25, -0.2) is 9.69 Å². The average molecular weight is 456 g/mol. The Kier molecular flexibility index (Phi) is 7.03. The molecule has 3 aromatic rings. The van der Waals surface area contributed by atoms with Gasteiger partial charge in [0.1, 0.15) is 23.7 Å². The van der Waals surface area contributed by atoms with Crippen LogP contribution in [0.4, 0.5) is 10.5 Å². The number of carbonyl (C=O) groups is 3. The lowest BCUT2D eigenvalue weighted by atomic mass is 10.1. The van der Waals surface area contributed by atoms with Gasteiger partial charge in [-0.2, -0.15) is 0 Å². The molecule has 1 aliphatic heterocycles. The quantitative estimate of drug-likeness (QED) is 0.392. The van der Waals surface area contributed by atoms with Crippen molar-refractivity contribution in [1.29, 1.82) is 0 Å². The van der Waals surface area contributed by atoms with E-state index >= 15 is 0 Å². The molecule has 1 aliphatic rings. The average Bonchev–Trinajstić information content (AvgIpc) is 2.85. The molecular weight excluding hydrogens is 432 g/mol. The maximum absolute atomic E-state index is 13.1. The van der Waals surface area contributed by atoms with E-state index < -0.39 is 17.8 Å². The zero-order valence-corrected chi connectivity index (χ0v) is 18.7. The summed E-state index contributed by atoms with van der Waals surface area (Å²) in [5, 5.41) is 2.24. The van der Waals surface area contributed by atoms with E-state index in [0.29, 0.717) is 36.0 Å². The van der Waals surface area contributed by atoms with E-state index in [0.717, 1.165) is 16.9 Å². The second-order valence-electron chi connectivity index (χ2n) is 7.65. The molecule has 7 heteroatoms. The Balaban J connectivity index is 1.52. The van der Waals surface area contributed by atoms with Crippen LogP contribution < -0.4 is 19.7 Å². The van der Waals surface area contributed by atoms with E-state index in [1.807, 2.05) is 37.3 Å². The van der Waals surface area contributed by atoms with Gasteiger partial charge in [-0.1, -0.05) is 49.4 Å². The largest absolute Gasteiger partial charge is 0.494 e. The summed E-state index contributed by atoms with van der Waals surface area (Å²) < 4.78 is 11.4. The molecule has 0 aliphatic carbocycles. The van der Waals surface area contributed by atoms with Crippen LogP contribution in [0.1, 0.15) is 24.5 Å². The normalized spacial score (nSPS) is 14.8. The molecule has 0 aromatic heterocycles. The van der Waals surface area contributed by atoms with Gasteiger partial charge >= 0.3 is 6.03 Å². The fourth-order valence-electron chi connectivity index (χ4n) is 3.40. The summed E-state index contributed by atoms with van der Waals surface area (Å²) in [6.07, 6.45) is 2.31. The van der Waals surface area contributed by atoms with Gasteiger partial charge in [0.15, 0.2) is 0 Å². The molecule has 0 bridgehead atoms. The molecule has 1 fully saturated rings. The number of ether oxygens (including phenoxy) is 2. The van der Waals surface area contributed by atoms with E-state index in [1.54, 1.807) is 48.5 Å². The molecule has 3 aromatic carbocycles. The molecule has 0 radical (unpaired) electrons. The molecule has 4 rings (SSSR count). The Hall–Kier alpha value is -4.39. The second-order valence-corrected chi connectivity index (χ2v) is 7.65. The number of carbonyl (C=O) groups excluding carboxylic acids is 3. The minimum atomic E-state index is -0.801. The van der Waals surface area contributed by atoms with Crippen LogP contribution in [-0.4, -0.2) is 24.5 Å². The first-order valence-electron chi connectivity index (χ1n) is 11.0. The number of rotatable bonds is 8. The Morgan fingerprint density at radius 2 is 1.62 bits per heavy atom. The number of urea groups is 1. The van der Waals surface area contributed by atoms with E-state index in [4.69, 9.17) is 9.47 Å². The van der Waals surface area contributed by atoms with Crippen LogP contribution in [0, 0.1) is 0 Å². The van der Waals surface area contributed by atoms with Gasteiger partial charge in [0, 0.05) is 0 Å². The third-order valence-corrected chi connectivity index (χ3v) is 5.09. The van der Waals surface area contributed by atoms with Crippen LogP contribution in [0.25, 0.3) is 6.08 Å². The molecule has 0 spiro atoms. The minimum Gasteiger partial charge on any atom is -0.494 e.